The van der Waals surface area contributed by atoms with E-state index < -0.39 is 0 Å². The predicted molar refractivity (Wildman–Crippen MR) is 94.9 cm³/mol. The Kier molecular flexibility index (Phi) is 6.57. The maximum absolute atomic E-state index is 6.25. The fourth-order valence-electron chi connectivity index (χ4n) is 3.05. The number of halogens is 2. The van der Waals surface area contributed by atoms with Gasteiger partial charge in [-0.1, -0.05) is 6.07 Å². The Morgan fingerprint density at radius 3 is 2.70 bits per heavy atom. The van der Waals surface area contributed by atoms with Crippen molar-refractivity contribution in [2.45, 2.75) is 25.7 Å². The molecule has 7 heteroatoms. The van der Waals surface area contributed by atoms with E-state index in [9.17, 15) is 0 Å². The number of quaternary nitrogens is 1. The van der Waals surface area contributed by atoms with Crippen molar-refractivity contribution in [1.29, 1.82) is 0 Å². The predicted octanol–water partition coefficient (Wildman–Crippen LogP) is -0.661. The molecule has 2 aromatic heterocycles. The third-order valence-electron chi connectivity index (χ3n) is 4.19. The summed E-state index contributed by atoms with van der Waals surface area (Å²) in [6.45, 7) is 2.04. The van der Waals surface area contributed by atoms with Crippen molar-refractivity contribution < 1.29 is 16.9 Å². The van der Waals surface area contributed by atoms with Crippen LogP contribution in [0.2, 0.25) is 0 Å². The summed E-state index contributed by atoms with van der Waals surface area (Å²) in [7, 11) is 6.63. The van der Waals surface area contributed by atoms with Gasteiger partial charge in [-0.3, -0.25) is 0 Å². The Balaban J connectivity index is 0.00000132. The van der Waals surface area contributed by atoms with Crippen molar-refractivity contribution in [3.63, 3.8) is 0 Å². The molecule has 0 bridgehead atoms. The van der Waals surface area contributed by atoms with E-state index in [0.717, 1.165) is 53.9 Å². The second-order valence-electron chi connectivity index (χ2n) is 7.01. The average Bonchev–Trinajstić information content (AvgIpc) is 2.99. The molecule has 3 rings (SSSR count). The molecular formula is C16H27Cl2N5. The first-order valence-electron chi connectivity index (χ1n) is 7.79. The van der Waals surface area contributed by atoms with E-state index in [1.807, 2.05) is 4.52 Å². The van der Waals surface area contributed by atoms with Crippen LogP contribution in [0.4, 0.5) is 11.5 Å². The summed E-state index contributed by atoms with van der Waals surface area (Å²) >= 11 is 0. The van der Waals surface area contributed by atoms with Crippen molar-refractivity contribution in [3.05, 3.63) is 23.4 Å². The number of nitrogen functional groups attached to an aromatic ring is 1. The van der Waals surface area contributed by atoms with Crippen molar-refractivity contribution in [3.8, 4) is 0 Å². The van der Waals surface area contributed by atoms with Gasteiger partial charge in [0.05, 0.1) is 33.2 Å². The lowest BCUT2D eigenvalue weighted by atomic mass is 10.2. The minimum absolute atomic E-state index is 0. The largest absolute Gasteiger partial charge is 1.00 e. The summed E-state index contributed by atoms with van der Waals surface area (Å²) in [5, 5.41) is 8.09. The lowest BCUT2D eigenvalue weighted by Gasteiger charge is -2.23. The fourth-order valence-corrected chi connectivity index (χ4v) is 3.05. The van der Waals surface area contributed by atoms with Crippen LogP contribution in [0.1, 0.15) is 24.1 Å². The number of hydrogen-bond acceptors (Lipinski definition) is 3. The molecule has 1 aliphatic carbocycles. The van der Waals surface area contributed by atoms with Crippen LogP contribution >= 0.6 is 12.4 Å². The Hall–Kier alpha value is -1.17. The number of nitrogens with two attached hydrogens (primary N) is 1. The van der Waals surface area contributed by atoms with Gasteiger partial charge >= 0.3 is 0 Å². The normalized spacial score (nSPS) is 13.3. The van der Waals surface area contributed by atoms with Gasteiger partial charge in [0.2, 0.25) is 0 Å². The van der Waals surface area contributed by atoms with E-state index in [2.05, 4.69) is 38.6 Å². The third-order valence-corrected chi connectivity index (χ3v) is 4.19. The van der Waals surface area contributed by atoms with E-state index in [-0.39, 0.29) is 24.8 Å². The zero-order valence-corrected chi connectivity index (χ0v) is 15.7. The van der Waals surface area contributed by atoms with Crippen LogP contribution < -0.4 is 23.5 Å². The highest BCUT2D eigenvalue weighted by atomic mass is 35.5. The standard InChI is InChI=1S/C16H26N5.2ClH/c1-21(2,3)11-5-10-18-16-15(17)14-9-8-12-6-4-7-13(12)20(14)19-16;;/h8-9H,4-7,10-11,17H2,1-3H3,(H,18,19);2*1H/q+1;;/p-1. The van der Waals surface area contributed by atoms with E-state index in [1.165, 1.54) is 17.7 Å². The van der Waals surface area contributed by atoms with Gasteiger partial charge in [-0.2, -0.15) is 0 Å². The Morgan fingerprint density at radius 1 is 1.26 bits per heavy atom. The molecule has 2 heterocycles. The third kappa shape index (κ3) is 4.22. The smallest absolute Gasteiger partial charge is 0.172 e. The molecule has 0 radical (unpaired) electrons. The molecular weight excluding hydrogens is 333 g/mol. The lowest BCUT2D eigenvalue weighted by Crippen LogP contribution is -3.00. The zero-order chi connectivity index (χ0) is 15.0. The number of nitrogens with one attached hydrogen (secondary N) is 1. The number of hydrogen-bond donors (Lipinski definition) is 2. The molecule has 130 valence electrons. The number of nitrogens with zero attached hydrogens (tertiary/aromatic N) is 3. The minimum Gasteiger partial charge on any atom is -1.00 e. The second kappa shape index (κ2) is 7.60. The first kappa shape index (κ1) is 19.9. The Bertz CT molecular complexity index is 661. The summed E-state index contributed by atoms with van der Waals surface area (Å²) in [6, 6.07) is 4.31. The van der Waals surface area contributed by atoms with Gasteiger partial charge in [-0.15, -0.1) is 17.5 Å². The topological polar surface area (TPSA) is 55.4 Å². The molecule has 0 unspecified atom stereocenters. The van der Waals surface area contributed by atoms with Crippen LogP contribution in [0.25, 0.3) is 5.52 Å². The first-order chi connectivity index (χ1) is 9.96. The highest BCUT2D eigenvalue weighted by Crippen LogP contribution is 2.29. The maximum atomic E-state index is 6.25. The summed E-state index contributed by atoms with van der Waals surface area (Å²) in [5.74, 6) is 0.830. The number of pyridine rings is 1. The van der Waals surface area contributed by atoms with Gasteiger partial charge in [0.1, 0.15) is 5.69 Å². The van der Waals surface area contributed by atoms with Crippen LogP contribution in [0.5, 0.6) is 0 Å². The van der Waals surface area contributed by atoms with Crippen molar-refractivity contribution >= 4 is 29.4 Å². The Morgan fingerprint density at radius 2 is 2.00 bits per heavy atom. The first-order valence-corrected chi connectivity index (χ1v) is 7.79. The lowest BCUT2D eigenvalue weighted by molar-refractivity contribution is -0.870. The van der Waals surface area contributed by atoms with Gasteiger partial charge in [-0.25, -0.2) is 4.52 Å². The molecule has 1 aliphatic rings. The van der Waals surface area contributed by atoms with Gasteiger partial charge in [0.15, 0.2) is 5.82 Å². The van der Waals surface area contributed by atoms with Crippen LogP contribution in [0, 0.1) is 0 Å². The highest BCUT2D eigenvalue weighted by Gasteiger charge is 2.18. The van der Waals surface area contributed by atoms with Crippen LogP contribution in [-0.4, -0.2) is 48.3 Å². The number of rotatable bonds is 5. The van der Waals surface area contributed by atoms with Crippen LogP contribution in [0.3, 0.4) is 0 Å². The van der Waals surface area contributed by atoms with Crippen molar-refractivity contribution in [2.75, 3.05) is 45.3 Å². The molecule has 0 fully saturated rings. The summed E-state index contributed by atoms with van der Waals surface area (Å²) in [5.41, 5.74) is 10.8. The number of aromatic nitrogens is 2. The zero-order valence-electron chi connectivity index (χ0n) is 14.1. The summed E-state index contributed by atoms with van der Waals surface area (Å²) < 4.78 is 3.02. The molecule has 0 aromatic carbocycles. The molecule has 0 saturated carbocycles. The molecule has 0 spiro atoms. The van der Waals surface area contributed by atoms with Crippen molar-refractivity contribution in [1.82, 2.24) is 9.61 Å². The van der Waals surface area contributed by atoms with Gasteiger partial charge in [-0.05, 0) is 30.9 Å². The molecule has 5 nitrogen and oxygen atoms in total. The van der Waals surface area contributed by atoms with E-state index in [0.29, 0.717) is 0 Å². The number of fused-ring (bicyclic) bond motifs is 3. The van der Waals surface area contributed by atoms with E-state index >= 15 is 0 Å². The van der Waals surface area contributed by atoms with Crippen molar-refractivity contribution in [2.24, 2.45) is 0 Å². The minimum atomic E-state index is 0. The monoisotopic (exact) mass is 359 g/mol. The molecule has 3 N–H and O–H groups in total. The summed E-state index contributed by atoms with van der Waals surface area (Å²) in [4.78, 5) is 0. The maximum Gasteiger partial charge on any atom is 0.172 e. The van der Waals surface area contributed by atoms with Crippen LogP contribution in [-0.2, 0) is 12.8 Å². The van der Waals surface area contributed by atoms with Gasteiger partial charge in [0, 0.05) is 18.7 Å². The SMILES string of the molecule is C[N+](C)(C)CCCNc1nn2c3c(ccc2c1N)CCC3.Cl.[Cl-]. The molecule has 0 aliphatic heterocycles. The Labute approximate surface area is 150 Å². The van der Waals surface area contributed by atoms with Gasteiger partial charge in [0.25, 0.3) is 0 Å². The fraction of sp³-hybridized carbons (Fsp3) is 0.562. The number of anilines is 2. The molecule has 23 heavy (non-hydrogen) atoms. The second-order valence-corrected chi connectivity index (χ2v) is 7.01. The molecule has 2 aromatic rings. The molecule has 0 amide bonds. The summed E-state index contributed by atoms with van der Waals surface area (Å²) in [6.07, 6.45) is 4.60. The quantitative estimate of drug-likeness (QED) is 0.550. The van der Waals surface area contributed by atoms with E-state index in [1.54, 1.807) is 0 Å². The van der Waals surface area contributed by atoms with Gasteiger partial charge < -0.3 is 27.9 Å². The molecule has 0 atom stereocenters. The molecule has 0 saturated heterocycles. The van der Waals surface area contributed by atoms with Crippen LogP contribution in [0.15, 0.2) is 12.1 Å². The number of aryl methyl sites for hydroxylation is 2. The highest BCUT2D eigenvalue weighted by molar-refractivity contribution is 5.85. The average molecular weight is 360 g/mol. The van der Waals surface area contributed by atoms with E-state index in [4.69, 9.17) is 10.8 Å².